The van der Waals surface area contributed by atoms with Crippen LogP contribution >= 0.6 is 0 Å². The van der Waals surface area contributed by atoms with Crippen molar-refractivity contribution in [3.63, 3.8) is 0 Å². The summed E-state index contributed by atoms with van der Waals surface area (Å²) in [5, 5.41) is 2.00. The summed E-state index contributed by atoms with van der Waals surface area (Å²) >= 11 is 0. The number of nitrogens with zero attached hydrogens (tertiary/aromatic N) is 1. The molecule has 2 aromatic rings. The van der Waals surface area contributed by atoms with Crippen LogP contribution in [0.4, 0.5) is 40.8 Å². The Labute approximate surface area is 169 Å². The zero-order chi connectivity index (χ0) is 23.1. The fourth-order valence-electron chi connectivity index (χ4n) is 2.89. The van der Waals surface area contributed by atoms with Gasteiger partial charge < -0.3 is 10.2 Å². The predicted molar refractivity (Wildman–Crippen MR) is 90.8 cm³/mol. The van der Waals surface area contributed by atoms with Crippen LogP contribution in [0.5, 0.6) is 0 Å². The maximum Gasteiger partial charge on any atom is 0.416 e. The number of nitrogens with one attached hydrogen (secondary N) is 1. The molecule has 0 radical (unpaired) electrons. The van der Waals surface area contributed by atoms with Gasteiger partial charge in [0.1, 0.15) is 0 Å². The van der Waals surface area contributed by atoms with E-state index in [0.717, 1.165) is 17.0 Å². The fraction of sp³-hybridized carbons (Fsp3) is 0.263. The van der Waals surface area contributed by atoms with Crippen molar-refractivity contribution in [2.24, 2.45) is 5.92 Å². The van der Waals surface area contributed by atoms with Crippen molar-refractivity contribution < 1.29 is 44.7 Å². The van der Waals surface area contributed by atoms with E-state index in [4.69, 9.17) is 0 Å². The highest BCUT2D eigenvalue weighted by molar-refractivity contribution is 5.98. The van der Waals surface area contributed by atoms with E-state index in [2.05, 4.69) is 0 Å². The summed E-state index contributed by atoms with van der Waals surface area (Å²) in [6.07, 6.45) is -10.1. The second-order valence-electron chi connectivity index (χ2n) is 6.82. The minimum atomic E-state index is -5.06. The molecule has 1 aliphatic heterocycles. The first-order valence-corrected chi connectivity index (χ1v) is 8.60. The molecule has 3 rings (SSSR count). The summed E-state index contributed by atoms with van der Waals surface area (Å²) < 4.78 is 104. The minimum Gasteiger partial charge on any atom is -0.337 e. The van der Waals surface area contributed by atoms with E-state index in [-0.39, 0.29) is 24.7 Å². The third-order valence-corrected chi connectivity index (χ3v) is 4.56. The Bertz CT molecular complexity index is 994. The van der Waals surface area contributed by atoms with Crippen molar-refractivity contribution in [1.29, 1.82) is 0 Å². The van der Waals surface area contributed by atoms with Crippen LogP contribution in [-0.4, -0.2) is 29.8 Å². The Morgan fingerprint density at radius 2 is 1.39 bits per heavy atom. The van der Waals surface area contributed by atoms with Crippen LogP contribution in [0, 0.1) is 17.6 Å². The predicted octanol–water partition coefficient (Wildman–Crippen LogP) is 4.71. The zero-order valence-corrected chi connectivity index (χ0v) is 15.2. The van der Waals surface area contributed by atoms with Gasteiger partial charge in [0.05, 0.1) is 17.0 Å². The van der Waals surface area contributed by atoms with Gasteiger partial charge in [-0.25, -0.2) is 8.78 Å². The number of hydrogen-bond donors (Lipinski definition) is 1. The van der Waals surface area contributed by atoms with Crippen molar-refractivity contribution in [3.8, 4) is 0 Å². The molecule has 1 aliphatic rings. The van der Waals surface area contributed by atoms with E-state index in [1.165, 1.54) is 0 Å². The molecule has 0 bridgehead atoms. The molecule has 1 N–H and O–H groups in total. The maximum absolute atomic E-state index is 13.2. The van der Waals surface area contributed by atoms with Gasteiger partial charge in [0.25, 0.3) is 5.91 Å². The molecular formula is C19H12F8N2O2. The molecule has 2 amide bonds. The van der Waals surface area contributed by atoms with E-state index in [1.807, 2.05) is 5.32 Å². The summed E-state index contributed by atoms with van der Waals surface area (Å²) in [6, 6.07) is 3.13. The van der Waals surface area contributed by atoms with Crippen molar-refractivity contribution in [2.75, 3.05) is 18.4 Å². The molecule has 4 nitrogen and oxygen atoms in total. The van der Waals surface area contributed by atoms with Gasteiger partial charge in [-0.1, -0.05) is 0 Å². The van der Waals surface area contributed by atoms with Gasteiger partial charge in [0.15, 0.2) is 11.6 Å². The van der Waals surface area contributed by atoms with Gasteiger partial charge in [-0.05, 0) is 36.4 Å². The number of carbonyl (C=O) groups is 2. The smallest absolute Gasteiger partial charge is 0.337 e. The normalized spacial score (nSPS) is 14.9. The third-order valence-electron chi connectivity index (χ3n) is 4.56. The van der Waals surface area contributed by atoms with Crippen molar-refractivity contribution in [3.05, 3.63) is 64.7 Å². The largest absolute Gasteiger partial charge is 0.416 e. The van der Waals surface area contributed by atoms with Gasteiger partial charge in [-0.3, -0.25) is 9.59 Å². The number of hydrogen-bond acceptors (Lipinski definition) is 2. The number of alkyl halides is 6. The maximum atomic E-state index is 13.2. The highest BCUT2D eigenvalue weighted by Crippen LogP contribution is 2.37. The average Bonchev–Trinajstić information content (AvgIpc) is 2.61. The first-order valence-electron chi connectivity index (χ1n) is 8.60. The standard InChI is InChI=1S/C19H12F8N2O2/c20-14-2-1-9(3-15(14)21)17(31)29-7-10(8-29)16(30)28-13-5-11(18(22,23)24)4-12(6-13)19(25,26)27/h1-6,10H,7-8H2,(H,28,30). The molecular weight excluding hydrogens is 440 g/mol. The highest BCUT2D eigenvalue weighted by atomic mass is 19.4. The molecule has 0 unspecified atom stereocenters. The van der Waals surface area contributed by atoms with Gasteiger partial charge in [0.2, 0.25) is 5.91 Å². The number of amides is 2. The summed E-state index contributed by atoms with van der Waals surface area (Å²) in [6.45, 7) is -0.399. The molecule has 2 aromatic carbocycles. The van der Waals surface area contributed by atoms with E-state index >= 15 is 0 Å². The van der Waals surface area contributed by atoms with Crippen LogP contribution in [0.3, 0.4) is 0 Å². The lowest BCUT2D eigenvalue weighted by molar-refractivity contribution is -0.143. The summed E-state index contributed by atoms with van der Waals surface area (Å²) in [5.41, 5.74) is -4.04. The van der Waals surface area contributed by atoms with E-state index < -0.39 is 58.5 Å². The second kappa shape index (κ2) is 7.82. The Morgan fingerprint density at radius 1 is 0.839 bits per heavy atom. The first kappa shape index (κ1) is 22.5. The van der Waals surface area contributed by atoms with Crippen LogP contribution in [0.1, 0.15) is 21.5 Å². The SMILES string of the molecule is O=C(Nc1cc(C(F)(F)F)cc(C(F)(F)F)c1)C1CN(C(=O)c2ccc(F)c(F)c2)C1. The summed E-state index contributed by atoms with van der Waals surface area (Å²) in [7, 11) is 0. The van der Waals surface area contributed by atoms with Crippen molar-refractivity contribution in [2.45, 2.75) is 12.4 Å². The Hall–Kier alpha value is -3.18. The van der Waals surface area contributed by atoms with Gasteiger partial charge in [-0.15, -0.1) is 0 Å². The van der Waals surface area contributed by atoms with Gasteiger partial charge >= 0.3 is 12.4 Å². The summed E-state index contributed by atoms with van der Waals surface area (Å²) in [5.74, 6) is -4.90. The molecule has 0 aliphatic carbocycles. The van der Waals surface area contributed by atoms with E-state index in [9.17, 15) is 44.7 Å². The molecule has 12 heteroatoms. The monoisotopic (exact) mass is 452 g/mol. The lowest BCUT2D eigenvalue weighted by atomic mass is 9.97. The molecule has 166 valence electrons. The fourth-order valence-corrected chi connectivity index (χ4v) is 2.89. The minimum absolute atomic E-state index is 0.0682. The molecule has 31 heavy (non-hydrogen) atoms. The van der Waals surface area contributed by atoms with Crippen molar-refractivity contribution in [1.82, 2.24) is 4.90 Å². The number of rotatable bonds is 3. The number of halogens is 8. The molecule has 0 atom stereocenters. The average molecular weight is 452 g/mol. The van der Waals surface area contributed by atoms with Gasteiger partial charge in [-0.2, -0.15) is 26.3 Å². The molecule has 1 fully saturated rings. The summed E-state index contributed by atoms with van der Waals surface area (Å²) in [4.78, 5) is 25.5. The lowest BCUT2D eigenvalue weighted by Gasteiger charge is -2.38. The second-order valence-corrected chi connectivity index (χ2v) is 6.82. The van der Waals surface area contributed by atoms with Crippen molar-refractivity contribution >= 4 is 17.5 Å². The van der Waals surface area contributed by atoms with Crippen LogP contribution in [0.2, 0.25) is 0 Å². The molecule has 0 spiro atoms. The number of carbonyl (C=O) groups excluding carboxylic acids is 2. The number of likely N-dealkylation sites (tertiary alicyclic amines) is 1. The topological polar surface area (TPSA) is 49.4 Å². The van der Waals surface area contributed by atoms with E-state index in [1.54, 1.807) is 0 Å². The first-order chi connectivity index (χ1) is 14.3. The third kappa shape index (κ3) is 4.94. The van der Waals surface area contributed by atoms with Crippen LogP contribution in [0.25, 0.3) is 0 Å². The molecule has 1 heterocycles. The highest BCUT2D eigenvalue weighted by Gasteiger charge is 2.39. The molecule has 0 saturated carbocycles. The molecule has 1 saturated heterocycles. The Kier molecular flexibility index (Phi) is 5.68. The number of anilines is 1. The van der Waals surface area contributed by atoms with Gasteiger partial charge in [0, 0.05) is 24.3 Å². The Balaban J connectivity index is 1.69. The lowest BCUT2D eigenvalue weighted by Crippen LogP contribution is -2.54. The van der Waals surface area contributed by atoms with Crippen LogP contribution in [-0.2, 0) is 17.1 Å². The quantitative estimate of drug-likeness (QED) is 0.686. The van der Waals surface area contributed by atoms with Crippen LogP contribution < -0.4 is 5.32 Å². The number of benzene rings is 2. The van der Waals surface area contributed by atoms with Crippen LogP contribution in [0.15, 0.2) is 36.4 Å². The van der Waals surface area contributed by atoms with E-state index in [0.29, 0.717) is 18.2 Å². The zero-order valence-electron chi connectivity index (χ0n) is 15.2. The molecule has 0 aromatic heterocycles. The Morgan fingerprint density at radius 3 is 1.87 bits per heavy atom.